The zero-order valence-corrected chi connectivity index (χ0v) is 17.0. The Bertz CT molecular complexity index is 649. The van der Waals surface area contributed by atoms with Crippen molar-refractivity contribution in [2.45, 2.75) is 36.1 Å². The maximum absolute atomic E-state index is 13.5. The van der Waals surface area contributed by atoms with Crippen molar-refractivity contribution in [1.29, 1.82) is 0 Å². The van der Waals surface area contributed by atoms with Gasteiger partial charge in [-0.15, -0.1) is 0 Å². The third-order valence-corrected chi connectivity index (χ3v) is 4.80. The van der Waals surface area contributed by atoms with E-state index < -0.39 is 62.6 Å². The van der Waals surface area contributed by atoms with Crippen LogP contribution in [0.4, 0.5) is 48.3 Å². The number of nitrogens with zero attached hydrogens (tertiary/aromatic N) is 1. The van der Waals surface area contributed by atoms with Crippen LogP contribution >= 0.6 is 0 Å². The number of carbonyl (C=O) groups is 1. The molecule has 0 heterocycles. The van der Waals surface area contributed by atoms with E-state index in [1.807, 2.05) is 0 Å². The van der Waals surface area contributed by atoms with E-state index >= 15 is 0 Å². The molecule has 5 nitrogen and oxygen atoms in total. The molecular formula is C9H7F11KNO4S. The molecule has 0 fully saturated rings. The first-order valence-corrected chi connectivity index (χ1v) is 7.34. The molecule has 0 aliphatic carbocycles. The van der Waals surface area contributed by atoms with Crippen molar-refractivity contribution in [2.75, 3.05) is 13.1 Å². The number of rotatable bonds is 8. The topological polar surface area (TPSA) is 77.5 Å². The van der Waals surface area contributed by atoms with Crippen molar-refractivity contribution in [3.8, 4) is 0 Å². The number of hydrogen-bond donors (Lipinski definition) is 0. The van der Waals surface area contributed by atoms with Gasteiger partial charge in [-0.05, 0) is 0 Å². The van der Waals surface area contributed by atoms with Crippen molar-refractivity contribution in [2.24, 2.45) is 0 Å². The maximum Gasteiger partial charge on any atom is 1.00 e. The van der Waals surface area contributed by atoms with Crippen molar-refractivity contribution >= 4 is 16.0 Å². The third kappa shape index (κ3) is 4.71. The van der Waals surface area contributed by atoms with Crippen LogP contribution < -0.4 is 56.5 Å². The zero-order chi connectivity index (χ0) is 21.6. The van der Waals surface area contributed by atoms with Crippen LogP contribution in [0.1, 0.15) is 6.92 Å². The molecule has 0 aromatic rings. The second-order valence-electron chi connectivity index (χ2n) is 4.54. The Labute approximate surface area is 186 Å². The van der Waals surface area contributed by atoms with E-state index in [0.717, 1.165) is 0 Å². The molecule has 0 unspecified atom stereocenters. The fourth-order valence-corrected chi connectivity index (χ4v) is 2.78. The molecule has 156 valence electrons. The summed E-state index contributed by atoms with van der Waals surface area (Å²) in [6, 6.07) is 0. The number of likely N-dealkylation sites (N-methyl/N-ethyl adjacent to an activating group) is 1. The molecule has 0 aromatic heterocycles. The standard InChI is InChI=1S/C9H8F11NO4S.K/c1-2-21(3-4(22)23)26(24,25)9(19,20)7(14,15)5(10,11)6(12,13)8(16,17)18;/h2-3H2,1H3,(H,22,23);/q;+1/p-1. The molecule has 0 saturated heterocycles. The largest absolute Gasteiger partial charge is 1.00 e. The van der Waals surface area contributed by atoms with Crippen molar-refractivity contribution in [3.05, 3.63) is 0 Å². The summed E-state index contributed by atoms with van der Waals surface area (Å²) in [5.74, 6) is -26.0. The van der Waals surface area contributed by atoms with Gasteiger partial charge in [0.2, 0.25) is 0 Å². The quantitative estimate of drug-likeness (QED) is 0.316. The molecule has 0 radical (unpaired) electrons. The third-order valence-electron chi connectivity index (χ3n) is 2.83. The molecule has 0 amide bonds. The van der Waals surface area contributed by atoms with Gasteiger partial charge in [-0.1, -0.05) is 6.92 Å². The van der Waals surface area contributed by atoms with E-state index in [2.05, 4.69) is 0 Å². The molecular weight excluding hydrogens is 466 g/mol. The summed E-state index contributed by atoms with van der Waals surface area (Å²) in [6.45, 7) is -2.91. The minimum absolute atomic E-state index is 0. The van der Waals surface area contributed by atoms with E-state index in [0.29, 0.717) is 6.92 Å². The minimum Gasteiger partial charge on any atom is -0.549 e. The zero-order valence-electron chi connectivity index (χ0n) is 13.1. The van der Waals surface area contributed by atoms with Crippen molar-refractivity contribution in [3.63, 3.8) is 0 Å². The van der Waals surface area contributed by atoms with Crippen LogP contribution in [0.2, 0.25) is 0 Å². The van der Waals surface area contributed by atoms with Crippen molar-refractivity contribution < 1.29 is 118 Å². The van der Waals surface area contributed by atoms with Gasteiger partial charge in [0.05, 0.1) is 12.5 Å². The molecule has 0 saturated carbocycles. The van der Waals surface area contributed by atoms with Gasteiger partial charge >= 0.3 is 80.6 Å². The second kappa shape index (κ2) is 8.54. The van der Waals surface area contributed by atoms with Gasteiger partial charge in [0.1, 0.15) is 0 Å². The van der Waals surface area contributed by atoms with Gasteiger partial charge < -0.3 is 9.90 Å². The molecule has 0 aliphatic rings. The number of carboxylic acids is 1. The predicted molar refractivity (Wildman–Crippen MR) is 57.0 cm³/mol. The van der Waals surface area contributed by atoms with Gasteiger partial charge in [-0.2, -0.15) is 52.6 Å². The molecule has 27 heavy (non-hydrogen) atoms. The average Bonchev–Trinajstić information content (AvgIpc) is 2.42. The number of sulfonamides is 1. The first kappa shape index (κ1) is 29.4. The average molecular weight is 473 g/mol. The minimum atomic E-state index is -7.92. The maximum atomic E-state index is 13.5. The number of carbonyl (C=O) groups excluding carboxylic acids is 1. The van der Waals surface area contributed by atoms with Gasteiger partial charge in [0, 0.05) is 6.54 Å². The predicted octanol–water partition coefficient (Wildman–Crippen LogP) is -1.55. The monoisotopic (exact) mass is 473 g/mol. The van der Waals surface area contributed by atoms with Gasteiger partial charge in [0.25, 0.3) is 10.0 Å². The van der Waals surface area contributed by atoms with Crippen LogP contribution in [0.25, 0.3) is 0 Å². The van der Waals surface area contributed by atoms with Crippen molar-refractivity contribution in [1.82, 2.24) is 4.31 Å². The SMILES string of the molecule is CCN(CC(=O)[O-])S(=O)(=O)C(F)(F)C(F)(F)C(F)(F)C(F)(F)C(F)(F)F.[K+]. The second-order valence-corrected chi connectivity index (χ2v) is 6.52. The summed E-state index contributed by atoms with van der Waals surface area (Å²) in [4.78, 5) is 10.2. The molecule has 0 N–H and O–H groups in total. The van der Waals surface area contributed by atoms with Crippen LogP contribution in [0.15, 0.2) is 0 Å². The van der Waals surface area contributed by atoms with E-state index in [1.165, 1.54) is 0 Å². The summed E-state index contributed by atoms with van der Waals surface area (Å²) in [6.07, 6.45) is -7.45. The Balaban J connectivity index is 0. The molecule has 0 atom stereocenters. The first-order chi connectivity index (χ1) is 11.1. The van der Waals surface area contributed by atoms with Crippen LogP contribution in [-0.4, -0.2) is 61.0 Å². The van der Waals surface area contributed by atoms with Gasteiger partial charge in [0.15, 0.2) is 0 Å². The number of carboxylic acid groups (broad SMARTS) is 1. The molecule has 0 aromatic carbocycles. The molecule has 0 bridgehead atoms. The molecule has 0 spiro atoms. The summed E-state index contributed by atoms with van der Waals surface area (Å²) < 4.78 is 162. The number of alkyl halides is 11. The van der Waals surface area contributed by atoms with Crippen LogP contribution in [0.3, 0.4) is 0 Å². The number of hydrogen-bond acceptors (Lipinski definition) is 4. The first-order valence-electron chi connectivity index (χ1n) is 5.90. The van der Waals surface area contributed by atoms with Gasteiger partial charge in [-0.25, -0.2) is 8.42 Å². The Morgan fingerprint density at radius 1 is 0.852 bits per heavy atom. The molecule has 18 heteroatoms. The normalized spacial score (nSPS) is 14.9. The van der Waals surface area contributed by atoms with E-state index in [1.54, 1.807) is 0 Å². The Hall–Kier alpha value is 0.246. The Morgan fingerprint density at radius 3 is 1.48 bits per heavy atom. The van der Waals surface area contributed by atoms with E-state index in [9.17, 15) is 66.6 Å². The summed E-state index contributed by atoms with van der Waals surface area (Å²) in [7, 11) is -7.14. The van der Waals surface area contributed by atoms with Crippen LogP contribution in [0, 0.1) is 0 Å². The summed E-state index contributed by atoms with van der Waals surface area (Å²) in [5, 5.41) is 2.97. The van der Waals surface area contributed by atoms with Crippen LogP contribution in [0.5, 0.6) is 0 Å². The number of halogens is 11. The van der Waals surface area contributed by atoms with Crippen LogP contribution in [-0.2, 0) is 14.8 Å². The fraction of sp³-hybridized carbons (Fsp3) is 0.889. The Kier molecular flexibility index (Phi) is 9.32. The van der Waals surface area contributed by atoms with E-state index in [-0.39, 0.29) is 51.4 Å². The summed E-state index contributed by atoms with van der Waals surface area (Å²) in [5.41, 5.74) is 0. The Morgan fingerprint density at radius 2 is 1.22 bits per heavy atom. The van der Waals surface area contributed by atoms with Gasteiger partial charge in [-0.3, -0.25) is 0 Å². The molecule has 0 aliphatic heterocycles. The fourth-order valence-electron chi connectivity index (χ4n) is 1.39. The summed E-state index contributed by atoms with van der Waals surface area (Å²) >= 11 is 0. The van der Waals surface area contributed by atoms with E-state index in [4.69, 9.17) is 0 Å². The molecule has 0 rings (SSSR count). The smallest absolute Gasteiger partial charge is 0.549 e. The number of aliphatic carboxylic acids is 1.